The number of aryl methyl sites for hydroxylation is 1. The van der Waals surface area contributed by atoms with E-state index < -0.39 is 0 Å². The first-order valence-electron chi connectivity index (χ1n) is 12.2. The second-order valence-electron chi connectivity index (χ2n) is 9.07. The molecule has 0 atom stereocenters. The van der Waals surface area contributed by atoms with Gasteiger partial charge in [0.2, 0.25) is 5.91 Å². The molecule has 3 amide bonds. The fourth-order valence-electron chi connectivity index (χ4n) is 4.41. The van der Waals surface area contributed by atoms with Crippen LogP contribution in [-0.4, -0.2) is 29.3 Å². The maximum atomic E-state index is 12.9. The summed E-state index contributed by atoms with van der Waals surface area (Å²) < 4.78 is 0. The SMILES string of the molecule is Cc1[nH]c(/C=C2\C(=O)Nc3ccc(Cl)cc32)c(C)c1C(=O)NCCCCCC(=O)Nc1ccccc1N. The molecular formula is C28H30ClN5O3. The normalized spacial score (nSPS) is 13.4. The highest BCUT2D eigenvalue weighted by Gasteiger charge is 2.25. The summed E-state index contributed by atoms with van der Waals surface area (Å²) >= 11 is 6.12. The second kappa shape index (κ2) is 11.3. The standard InChI is InChI=1S/C28H30ClN5O3/c1-16-24(15-20-19-14-18(29)11-12-22(19)34-27(20)36)32-17(2)26(16)28(37)31-13-7-3-4-10-25(35)33-23-9-6-5-8-21(23)30/h5-6,8-9,11-12,14-15,32H,3-4,7,10,13,30H2,1-2H3,(H,31,37)(H,33,35)(H,34,36)/b20-15-. The van der Waals surface area contributed by atoms with E-state index in [-0.39, 0.29) is 17.7 Å². The Kier molecular flexibility index (Phi) is 7.98. The van der Waals surface area contributed by atoms with Crippen LogP contribution in [0.1, 0.15) is 58.6 Å². The highest BCUT2D eigenvalue weighted by Crippen LogP contribution is 2.35. The number of para-hydroxylation sites is 2. The molecule has 0 bridgehead atoms. The highest BCUT2D eigenvalue weighted by molar-refractivity contribution is 6.36. The third-order valence-electron chi connectivity index (χ3n) is 6.36. The average molecular weight is 520 g/mol. The number of amides is 3. The lowest BCUT2D eigenvalue weighted by Crippen LogP contribution is -2.25. The number of nitrogen functional groups attached to an aromatic ring is 1. The molecule has 0 saturated carbocycles. The molecule has 1 aromatic heterocycles. The van der Waals surface area contributed by atoms with Gasteiger partial charge in [-0.3, -0.25) is 14.4 Å². The van der Waals surface area contributed by atoms with Crippen LogP contribution in [0.25, 0.3) is 11.6 Å². The van der Waals surface area contributed by atoms with Gasteiger partial charge in [-0.25, -0.2) is 0 Å². The zero-order valence-corrected chi connectivity index (χ0v) is 21.6. The number of nitrogens with one attached hydrogen (secondary N) is 4. The summed E-state index contributed by atoms with van der Waals surface area (Å²) in [5, 5.41) is 9.16. The van der Waals surface area contributed by atoms with Crippen molar-refractivity contribution in [3.8, 4) is 0 Å². The van der Waals surface area contributed by atoms with Gasteiger partial charge in [0.25, 0.3) is 11.8 Å². The average Bonchev–Trinajstić information content (AvgIpc) is 3.31. The Morgan fingerprint density at radius 1 is 1.08 bits per heavy atom. The molecule has 37 heavy (non-hydrogen) atoms. The molecule has 1 aliphatic heterocycles. The third kappa shape index (κ3) is 6.03. The smallest absolute Gasteiger partial charge is 0.256 e. The van der Waals surface area contributed by atoms with E-state index >= 15 is 0 Å². The maximum absolute atomic E-state index is 12.9. The minimum absolute atomic E-state index is 0.0806. The van der Waals surface area contributed by atoms with E-state index in [2.05, 4.69) is 20.9 Å². The predicted molar refractivity (Wildman–Crippen MR) is 149 cm³/mol. The van der Waals surface area contributed by atoms with E-state index in [1.54, 1.807) is 36.4 Å². The zero-order chi connectivity index (χ0) is 26.5. The van der Waals surface area contributed by atoms with Gasteiger partial charge in [-0.05, 0) is 68.7 Å². The van der Waals surface area contributed by atoms with Crippen molar-refractivity contribution in [1.29, 1.82) is 0 Å². The minimum Gasteiger partial charge on any atom is -0.397 e. The number of nitrogens with two attached hydrogens (primary N) is 1. The largest absolute Gasteiger partial charge is 0.397 e. The van der Waals surface area contributed by atoms with Crippen molar-refractivity contribution in [3.05, 3.63) is 75.6 Å². The molecule has 0 aliphatic carbocycles. The number of carbonyl (C=O) groups excluding carboxylic acids is 3. The Morgan fingerprint density at radius 2 is 1.86 bits per heavy atom. The van der Waals surface area contributed by atoms with Crippen molar-refractivity contribution in [3.63, 3.8) is 0 Å². The van der Waals surface area contributed by atoms with Crippen LogP contribution >= 0.6 is 11.6 Å². The first-order chi connectivity index (χ1) is 17.7. The van der Waals surface area contributed by atoms with E-state index in [0.29, 0.717) is 58.3 Å². The van der Waals surface area contributed by atoms with Gasteiger partial charge in [0.1, 0.15) is 0 Å². The lowest BCUT2D eigenvalue weighted by molar-refractivity contribution is -0.116. The fraction of sp³-hybridized carbons (Fsp3) is 0.250. The van der Waals surface area contributed by atoms with Gasteiger partial charge in [-0.2, -0.15) is 0 Å². The molecule has 6 N–H and O–H groups in total. The summed E-state index contributed by atoms with van der Waals surface area (Å²) in [5.41, 5.74) is 11.7. The number of aromatic nitrogens is 1. The van der Waals surface area contributed by atoms with Crippen LogP contribution in [0.5, 0.6) is 0 Å². The molecule has 0 unspecified atom stereocenters. The van der Waals surface area contributed by atoms with Gasteiger partial charge in [-0.15, -0.1) is 0 Å². The predicted octanol–water partition coefficient (Wildman–Crippen LogP) is 5.29. The number of carbonyl (C=O) groups is 3. The first kappa shape index (κ1) is 26.0. The monoisotopic (exact) mass is 519 g/mol. The fourth-order valence-corrected chi connectivity index (χ4v) is 4.58. The molecule has 192 valence electrons. The Bertz CT molecular complexity index is 1390. The number of halogens is 1. The summed E-state index contributed by atoms with van der Waals surface area (Å²) in [6, 6.07) is 12.4. The number of benzene rings is 2. The van der Waals surface area contributed by atoms with Crippen molar-refractivity contribution in [2.24, 2.45) is 0 Å². The van der Waals surface area contributed by atoms with Crippen LogP contribution in [0.15, 0.2) is 42.5 Å². The molecule has 0 radical (unpaired) electrons. The number of hydrogen-bond donors (Lipinski definition) is 5. The van der Waals surface area contributed by atoms with E-state index in [1.165, 1.54) is 0 Å². The van der Waals surface area contributed by atoms with Crippen LogP contribution < -0.4 is 21.7 Å². The van der Waals surface area contributed by atoms with Crippen LogP contribution in [0.2, 0.25) is 5.02 Å². The molecule has 0 spiro atoms. The Balaban J connectivity index is 1.29. The van der Waals surface area contributed by atoms with Crippen molar-refractivity contribution in [1.82, 2.24) is 10.3 Å². The number of fused-ring (bicyclic) bond motifs is 1. The first-order valence-corrected chi connectivity index (χ1v) is 12.6. The molecule has 1 aliphatic rings. The van der Waals surface area contributed by atoms with Crippen LogP contribution in [0.3, 0.4) is 0 Å². The number of rotatable bonds is 9. The molecule has 4 rings (SSSR count). The van der Waals surface area contributed by atoms with Gasteiger partial charge < -0.3 is 26.7 Å². The third-order valence-corrected chi connectivity index (χ3v) is 6.59. The highest BCUT2D eigenvalue weighted by atomic mass is 35.5. The summed E-state index contributed by atoms with van der Waals surface area (Å²) in [6.45, 7) is 4.19. The lowest BCUT2D eigenvalue weighted by atomic mass is 10.0. The quantitative estimate of drug-likeness (QED) is 0.149. The van der Waals surface area contributed by atoms with E-state index in [9.17, 15) is 14.4 Å². The molecule has 0 fully saturated rings. The van der Waals surface area contributed by atoms with E-state index in [1.807, 2.05) is 26.0 Å². The van der Waals surface area contributed by atoms with Gasteiger partial charge in [0.15, 0.2) is 0 Å². The molecule has 2 heterocycles. The summed E-state index contributed by atoms with van der Waals surface area (Å²) in [7, 11) is 0. The zero-order valence-electron chi connectivity index (χ0n) is 20.8. The van der Waals surface area contributed by atoms with Crippen molar-refractivity contribution >= 4 is 58.0 Å². The van der Waals surface area contributed by atoms with Gasteiger partial charge in [0, 0.05) is 40.6 Å². The molecule has 2 aromatic carbocycles. The van der Waals surface area contributed by atoms with Crippen LogP contribution in [0.4, 0.5) is 17.1 Å². The van der Waals surface area contributed by atoms with Crippen molar-refractivity contribution in [2.75, 3.05) is 22.9 Å². The maximum Gasteiger partial charge on any atom is 0.256 e. The Hall–Kier alpha value is -4.04. The number of hydrogen-bond acceptors (Lipinski definition) is 4. The second-order valence-corrected chi connectivity index (χ2v) is 9.50. The van der Waals surface area contributed by atoms with E-state index in [0.717, 1.165) is 29.7 Å². The summed E-state index contributed by atoms with van der Waals surface area (Å²) in [5.74, 6) is -0.466. The molecule has 0 saturated heterocycles. The van der Waals surface area contributed by atoms with Gasteiger partial charge in [-0.1, -0.05) is 30.2 Å². The lowest BCUT2D eigenvalue weighted by Gasteiger charge is -2.08. The topological polar surface area (TPSA) is 129 Å². The van der Waals surface area contributed by atoms with Gasteiger partial charge >= 0.3 is 0 Å². The Morgan fingerprint density at radius 3 is 2.65 bits per heavy atom. The van der Waals surface area contributed by atoms with Crippen LogP contribution in [-0.2, 0) is 9.59 Å². The number of unbranched alkanes of at least 4 members (excludes halogenated alkanes) is 2. The number of anilines is 3. The Labute approximate surface area is 220 Å². The minimum atomic E-state index is -0.212. The van der Waals surface area contributed by atoms with Crippen LogP contribution in [0, 0.1) is 13.8 Å². The molecular weight excluding hydrogens is 490 g/mol. The van der Waals surface area contributed by atoms with E-state index in [4.69, 9.17) is 17.3 Å². The molecule has 3 aromatic rings. The summed E-state index contributed by atoms with van der Waals surface area (Å²) in [6.07, 6.45) is 4.41. The van der Waals surface area contributed by atoms with Crippen molar-refractivity contribution < 1.29 is 14.4 Å². The van der Waals surface area contributed by atoms with Gasteiger partial charge in [0.05, 0.1) is 22.5 Å². The summed E-state index contributed by atoms with van der Waals surface area (Å²) in [4.78, 5) is 40.8. The number of H-pyrrole nitrogens is 1. The molecule has 8 nitrogen and oxygen atoms in total. The van der Waals surface area contributed by atoms with Crippen molar-refractivity contribution in [2.45, 2.75) is 39.5 Å². The molecule has 9 heteroatoms. The number of aromatic amines is 1.